The molecule has 1 N–H and O–H groups in total. The molecule has 2 aromatic rings. The maximum Gasteiger partial charge on any atom is 0.336 e. The molecular formula is C13H6ClF3O2. The smallest absolute Gasteiger partial charge is 0.336 e. The minimum Gasteiger partial charge on any atom is -0.478 e. The predicted molar refractivity (Wildman–Crippen MR) is 63.7 cm³/mol. The highest BCUT2D eigenvalue weighted by Gasteiger charge is 2.17. The summed E-state index contributed by atoms with van der Waals surface area (Å²) in [7, 11) is 0. The van der Waals surface area contributed by atoms with Crippen LogP contribution in [0, 0.1) is 17.5 Å². The Labute approximate surface area is 111 Å². The van der Waals surface area contributed by atoms with E-state index in [0.29, 0.717) is 6.07 Å². The Kier molecular flexibility index (Phi) is 3.48. The molecule has 6 heteroatoms. The van der Waals surface area contributed by atoms with Crippen molar-refractivity contribution in [3.8, 4) is 11.1 Å². The minimum atomic E-state index is -1.32. The third kappa shape index (κ3) is 2.56. The Balaban J connectivity index is 2.74. The first-order valence-electron chi connectivity index (χ1n) is 5.08. The summed E-state index contributed by atoms with van der Waals surface area (Å²) in [6.45, 7) is 0. The van der Waals surface area contributed by atoms with Crippen LogP contribution in [0.1, 0.15) is 10.4 Å². The monoisotopic (exact) mass is 286 g/mol. The Hall–Kier alpha value is -2.01. The van der Waals surface area contributed by atoms with Gasteiger partial charge in [-0.1, -0.05) is 11.6 Å². The van der Waals surface area contributed by atoms with E-state index in [1.807, 2.05) is 0 Å². The number of carbonyl (C=O) groups is 1. The van der Waals surface area contributed by atoms with E-state index in [9.17, 15) is 18.0 Å². The molecule has 0 atom stereocenters. The van der Waals surface area contributed by atoms with Crippen LogP contribution in [0.15, 0.2) is 30.3 Å². The summed E-state index contributed by atoms with van der Waals surface area (Å²) in [5.41, 5.74) is -0.455. The van der Waals surface area contributed by atoms with Crippen molar-refractivity contribution in [3.63, 3.8) is 0 Å². The van der Waals surface area contributed by atoms with Crippen LogP contribution >= 0.6 is 11.6 Å². The largest absolute Gasteiger partial charge is 0.478 e. The summed E-state index contributed by atoms with van der Waals surface area (Å²) in [6.07, 6.45) is 0. The molecule has 19 heavy (non-hydrogen) atoms. The Bertz CT molecular complexity index is 671. The Morgan fingerprint density at radius 1 is 1.00 bits per heavy atom. The fourth-order valence-electron chi connectivity index (χ4n) is 1.65. The molecule has 98 valence electrons. The van der Waals surface area contributed by atoms with Gasteiger partial charge in [-0.15, -0.1) is 0 Å². The molecule has 0 unspecified atom stereocenters. The fourth-order valence-corrected chi connectivity index (χ4v) is 1.91. The van der Waals surface area contributed by atoms with Crippen LogP contribution in [0.5, 0.6) is 0 Å². The van der Waals surface area contributed by atoms with Crippen LogP contribution in [-0.2, 0) is 0 Å². The molecule has 0 saturated carbocycles. The first kappa shape index (κ1) is 13.4. The number of carboxylic acid groups (broad SMARTS) is 1. The van der Waals surface area contributed by atoms with Crippen LogP contribution in [-0.4, -0.2) is 11.1 Å². The fraction of sp³-hybridized carbons (Fsp3) is 0. The highest BCUT2D eigenvalue weighted by atomic mass is 35.5. The van der Waals surface area contributed by atoms with Gasteiger partial charge in [0.1, 0.15) is 5.82 Å². The van der Waals surface area contributed by atoms with E-state index in [4.69, 9.17) is 16.7 Å². The number of halogens is 4. The molecule has 0 fully saturated rings. The number of carboxylic acids is 1. The van der Waals surface area contributed by atoms with Crippen LogP contribution in [0.25, 0.3) is 11.1 Å². The molecule has 0 aliphatic rings. The first-order chi connectivity index (χ1) is 8.90. The van der Waals surface area contributed by atoms with Crippen molar-refractivity contribution in [3.05, 3.63) is 58.4 Å². The first-order valence-corrected chi connectivity index (χ1v) is 5.45. The molecule has 2 rings (SSSR count). The zero-order valence-corrected chi connectivity index (χ0v) is 10.0. The SMILES string of the molecule is O=C(O)c1ccc(F)cc1-c1cc(F)c(F)cc1Cl. The summed E-state index contributed by atoms with van der Waals surface area (Å²) in [6, 6.07) is 4.34. The lowest BCUT2D eigenvalue weighted by molar-refractivity contribution is 0.0697. The van der Waals surface area contributed by atoms with Crippen molar-refractivity contribution >= 4 is 17.6 Å². The van der Waals surface area contributed by atoms with Gasteiger partial charge in [-0.2, -0.15) is 0 Å². The van der Waals surface area contributed by atoms with Crippen LogP contribution in [0.2, 0.25) is 5.02 Å². The van der Waals surface area contributed by atoms with Gasteiger partial charge < -0.3 is 5.11 Å². The van der Waals surface area contributed by atoms with Crippen molar-refractivity contribution in [1.82, 2.24) is 0 Å². The normalized spacial score (nSPS) is 10.5. The Morgan fingerprint density at radius 3 is 2.26 bits per heavy atom. The van der Waals surface area contributed by atoms with E-state index in [1.165, 1.54) is 0 Å². The number of rotatable bonds is 2. The second-order valence-electron chi connectivity index (χ2n) is 3.74. The lowest BCUT2D eigenvalue weighted by Crippen LogP contribution is -2.01. The van der Waals surface area contributed by atoms with Crippen LogP contribution in [0.4, 0.5) is 13.2 Å². The van der Waals surface area contributed by atoms with Crippen molar-refractivity contribution in [1.29, 1.82) is 0 Å². The van der Waals surface area contributed by atoms with Crippen molar-refractivity contribution in [2.45, 2.75) is 0 Å². The van der Waals surface area contributed by atoms with Crippen molar-refractivity contribution in [2.75, 3.05) is 0 Å². The molecule has 0 heterocycles. The van der Waals surface area contributed by atoms with E-state index in [0.717, 1.165) is 24.3 Å². The van der Waals surface area contributed by atoms with Gasteiger partial charge in [0, 0.05) is 11.1 Å². The standard InChI is InChI=1S/C13H6ClF3O2/c14-10-5-12(17)11(16)4-9(10)8-3-6(15)1-2-7(8)13(18)19/h1-5H,(H,18,19). The second-order valence-corrected chi connectivity index (χ2v) is 4.15. The predicted octanol–water partition coefficient (Wildman–Crippen LogP) is 4.12. The lowest BCUT2D eigenvalue weighted by Gasteiger charge is -2.09. The third-order valence-corrected chi connectivity index (χ3v) is 2.82. The molecular weight excluding hydrogens is 281 g/mol. The van der Waals surface area contributed by atoms with E-state index in [-0.39, 0.29) is 21.7 Å². The molecule has 0 saturated heterocycles. The molecule has 2 nitrogen and oxygen atoms in total. The zero-order chi connectivity index (χ0) is 14.2. The average molecular weight is 287 g/mol. The number of hydrogen-bond acceptors (Lipinski definition) is 1. The van der Waals surface area contributed by atoms with Gasteiger partial charge in [0.15, 0.2) is 11.6 Å². The summed E-state index contributed by atoms with van der Waals surface area (Å²) in [5.74, 6) is -4.39. The summed E-state index contributed by atoms with van der Waals surface area (Å²) in [4.78, 5) is 11.0. The topological polar surface area (TPSA) is 37.3 Å². The molecule has 0 aromatic heterocycles. The minimum absolute atomic E-state index is 0.0857. The molecule has 0 amide bonds. The summed E-state index contributed by atoms with van der Waals surface area (Å²) < 4.78 is 39.4. The van der Waals surface area contributed by atoms with E-state index < -0.39 is 23.4 Å². The molecule has 2 aromatic carbocycles. The van der Waals surface area contributed by atoms with E-state index in [2.05, 4.69) is 0 Å². The van der Waals surface area contributed by atoms with Gasteiger partial charge >= 0.3 is 5.97 Å². The van der Waals surface area contributed by atoms with Gasteiger partial charge in [-0.3, -0.25) is 0 Å². The van der Waals surface area contributed by atoms with Gasteiger partial charge in [-0.25, -0.2) is 18.0 Å². The molecule has 0 bridgehead atoms. The lowest BCUT2D eigenvalue weighted by atomic mass is 9.99. The van der Waals surface area contributed by atoms with Gasteiger partial charge in [0.25, 0.3) is 0 Å². The van der Waals surface area contributed by atoms with E-state index in [1.54, 1.807) is 0 Å². The van der Waals surface area contributed by atoms with Crippen LogP contribution < -0.4 is 0 Å². The number of hydrogen-bond donors (Lipinski definition) is 1. The number of aromatic carboxylic acids is 1. The second kappa shape index (κ2) is 4.93. The molecule has 0 spiro atoms. The van der Waals surface area contributed by atoms with E-state index >= 15 is 0 Å². The maximum atomic E-state index is 13.2. The van der Waals surface area contributed by atoms with Gasteiger partial charge in [0.05, 0.1) is 10.6 Å². The Morgan fingerprint density at radius 2 is 1.63 bits per heavy atom. The summed E-state index contributed by atoms with van der Waals surface area (Å²) in [5, 5.41) is 8.80. The maximum absolute atomic E-state index is 13.2. The number of benzene rings is 2. The highest BCUT2D eigenvalue weighted by Crippen LogP contribution is 2.32. The van der Waals surface area contributed by atoms with Crippen LogP contribution in [0.3, 0.4) is 0 Å². The highest BCUT2D eigenvalue weighted by molar-refractivity contribution is 6.33. The third-order valence-electron chi connectivity index (χ3n) is 2.51. The molecule has 0 aliphatic carbocycles. The molecule has 0 radical (unpaired) electrons. The molecule has 0 aliphatic heterocycles. The van der Waals surface area contributed by atoms with Crippen molar-refractivity contribution in [2.24, 2.45) is 0 Å². The van der Waals surface area contributed by atoms with Gasteiger partial charge in [-0.05, 0) is 30.3 Å². The summed E-state index contributed by atoms with van der Waals surface area (Å²) >= 11 is 5.74. The van der Waals surface area contributed by atoms with Crippen molar-refractivity contribution < 1.29 is 23.1 Å². The average Bonchev–Trinajstić information content (AvgIpc) is 2.33. The van der Waals surface area contributed by atoms with Gasteiger partial charge in [0.2, 0.25) is 0 Å². The zero-order valence-electron chi connectivity index (χ0n) is 9.25. The quantitative estimate of drug-likeness (QED) is 0.843.